The summed E-state index contributed by atoms with van der Waals surface area (Å²) in [5, 5.41) is 3.99. The summed E-state index contributed by atoms with van der Waals surface area (Å²) in [6.45, 7) is 9.02. The van der Waals surface area contributed by atoms with Crippen molar-refractivity contribution >= 4 is 39.0 Å². The average Bonchev–Trinajstić information content (AvgIpc) is 2.52. The van der Waals surface area contributed by atoms with E-state index in [0.717, 1.165) is 40.0 Å². The van der Waals surface area contributed by atoms with Crippen LogP contribution in [0, 0.1) is 0 Å². The number of benzene rings is 1. The van der Waals surface area contributed by atoms with E-state index in [4.69, 9.17) is 17.0 Å². The first-order valence-electron chi connectivity index (χ1n) is 8.12. The zero-order chi connectivity index (χ0) is 17.9. The van der Waals surface area contributed by atoms with E-state index in [-0.39, 0.29) is 11.8 Å². The molecule has 24 heavy (non-hydrogen) atoms. The molecule has 0 spiro atoms. The molecule has 0 bridgehead atoms. The molecule has 0 radical (unpaired) electrons. The normalized spacial score (nSPS) is 17.8. The molecule has 4 nitrogen and oxygen atoms in total. The van der Waals surface area contributed by atoms with Crippen molar-refractivity contribution < 1.29 is 9.53 Å². The maximum atomic E-state index is 12.3. The van der Waals surface area contributed by atoms with Crippen LogP contribution in [-0.4, -0.2) is 28.9 Å². The van der Waals surface area contributed by atoms with Gasteiger partial charge in [-0.05, 0) is 73.0 Å². The lowest BCUT2D eigenvalue weighted by Gasteiger charge is -2.37. The molecule has 0 amide bonds. The summed E-state index contributed by atoms with van der Waals surface area (Å²) >= 11 is 9.06. The van der Waals surface area contributed by atoms with Crippen LogP contribution in [0.15, 0.2) is 33.9 Å². The second-order valence-electron chi connectivity index (χ2n) is 5.71. The molecule has 130 valence electrons. The average molecular weight is 411 g/mol. The predicted molar refractivity (Wildman–Crippen MR) is 104 cm³/mol. The molecule has 1 aliphatic rings. The molecule has 1 aliphatic heterocycles. The van der Waals surface area contributed by atoms with Crippen LogP contribution in [0.4, 0.5) is 0 Å². The molecule has 1 N–H and O–H groups in total. The van der Waals surface area contributed by atoms with Gasteiger partial charge in [-0.3, -0.25) is 4.79 Å². The van der Waals surface area contributed by atoms with Crippen LogP contribution in [0.25, 0.3) is 0 Å². The molecule has 0 saturated carbocycles. The molecule has 0 aliphatic carbocycles. The molecular formula is C18H23BrN2O2S. The molecule has 0 saturated heterocycles. The third-order valence-electron chi connectivity index (χ3n) is 4.01. The number of Topliss-reactive ketones (excluding diaryl/α,β-unsaturated/α-hetero) is 1. The number of allylic oxidation sites excluding steroid dienone is 1. The van der Waals surface area contributed by atoms with Crippen molar-refractivity contribution in [3.63, 3.8) is 0 Å². The first-order valence-corrected chi connectivity index (χ1v) is 9.32. The van der Waals surface area contributed by atoms with E-state index >= 15 is 0 Å². The summed E-state index contributed by atoms with van der Waals surface area (Å²) in [6, 6.07) is 5.63. The Morgan fingerprint density at radius 1 is 1.42 bits per heavy atom. The van der Waals surface area contributed by atoms with E-state index in [1.54, 1.807) is 6.92 Å². The highest BCUT2D eigenvalue weighted by Gasteiger charge is 2.32. The van der Waals surface area contributed by atoms with Crippen LogP contribution < -0.4 is 10.1 Å². The SMILES string of the molecule is CCCN1C(=S)NC(c2ccc(OCC)c(Br)c2)C(C(C)=O)=C1C. The van der Waals surface area contributed by atoms with Crippen LogP contribution >= 0.6 is 28.1 Å². The largest absolute Gasteiger partial charge is 0.493 e. The number of hydrogen-bond donors (Lipinski definition) is 1. The minimum atomic E-state index is -0.241. The topological polar surface area (TPSA) is 41.6 Å². The number of carbonyl (C=O) groups excluding carboxylic acids is 1. The maximum Gasteiger partial charge on any atom is 0.173 e. The lowest BCUT2D eigenvalue weighted by atomic mass is 9.92. The number of nitrogens with one attached hydrogen (secondary N) is 1. The zero-order valence-corrected chi connectivity index (χ0v) is 16.9. The highest BCUT2D eigenvalue weighted by atomic mass is 79.9. The van der Waals surface area contributed by atoms with Crippen LogP contribution in [0.3, 0.4) is 0 Å². The molecular weight excluding hydrogens is 388 g/mol. The number of ketones is 1. The van der Waals surface area contributed by atoms with E-state index in [9.17, 15) is 4.79 Å². The van der Waals surface area contributed by atoms with Crippen molar-refractivity contribution in [2.75, 3.05) is 13.2 Å². The number of nitrogens with zero attached hydrogens (tertiary/aromatic N) is 1. The van der Waals surface area contributed by atoms with Gasteiger partial charge in [0.25, 0.3) is 0 Å². The Kier molecular flexibility index (Phi) is 6.40. The lowest BCUT2D eigenvalue weighted by molar-refractivity contribution is -0.114. The molecule has 2 rings (SSSR count). The van der Waals surface area contributed by atoms with Crippen LogP contribution in [0.2, 0.25) is 0 Å². The van der Waals surface area contributed by atoms with Crippen LogP contribution in [0.5, 0.6) is 5.75 Å². The van der Waals surface area contributed by atoms with E-state index in [0.29, 0.717) is 11.7 Å². The Bertz CT molecular complexity index is 688. The number of ether oxygens (including phenoxy) is 1. The fourth-order valence-corrected chi connectivity index (χ4v) is 3.81. The van der Waals surface area contributed by atoms with Gasteiger partial charge in [0.2, 0.25) is 0 Å². The van der Waals surface area contributed by atoms with Gasteiger partial charge in [0.15, 0.2) is 10.9 Å². The summed E-state index contributed by atoms with van der Waals surface area (Å²) in [5.74, 6) is 0.843. The Morgan fingerprint density at radius 2 is 2.12 bits per heavy atom. The smallest absolute Gasteiger partial charge is 0.173 e. The highest BCUT2D eigenvalue weighted by molar-refractivity contribution is 9.10. The molecule has 1 heterocycles. The fourth-order valence-electron chi connectivity index (χ4n) is 2.95. The Balaban J connectivity index is 2.47. The van der Waals surface area contributed by atoms with Gasteiger partial charge in [-0.2, -0.15) is 0 Å². The van der Waals surface area contributed by atoms with Crippen molar-refractivity contribution in [3.8, 4) is 5.75 Å². The Morgan fingerprint density at radius 3 is 2.67 bits per heavy atom. The Hall–Kier alpha value is -1.40. The monoisotopic (exact) mass is 410 g/mol. The molecule has 6 heteroatoms. The number of carbonyl (C=O) groups is 1. The molecule has 0 aromatic heterocycles. The number of rotatable bonds is 6. The quantitative estimate of drug-likeness (QED) is 0.705. The summed E-state index contributed by atoms with van der Waals surface area (Å²) in [6.07, 6.45) is 0.962. The third kappa shape index (κ3) is 3.81. The first-order chi connectivity index (χ1) is 11.4. The van der Waals surface area contributed by atoms with E-state index in [1.165, 1.54) is 0 Å². The molecule has 1 aromatic carbocycles. The standard InChI is InChI=1S/C18H23BrN2O2S/c1-5-9-21-11(3)16(12(4)22)17(20-18(21)24)13-7-8-15(23-6-2)14(19)10-13/h7-8,10,17H,5-6,9H2,1-4H3,(H,20,24). The third-order valence-corrected chi connectivity index (χ3v) is 4.97. The molecule has 1 unspecified atom stereocenters. The number of hydrogen-bond acceptors (Lipinski definition) is 3. The molecule has 1 atom stereocenters. The summed E-state index contributed by atoms with van der Waals surface area (Å²) in [5.41, 5.74) is 2.67. The van der Waals surface area contributed by atoms with Gasteiger partial charge >= 0.3 is 0 Å². The van der Waals surface area contributed by atoms with Gasteiger partial charge in [-0.15, -0.1) is 0 Å². The number of thiocarbonyl (C=S) groups is 1. The Labute approximate surface area is 157 Å². The van der Waals surface area contributed by atoms with Crippen LogP contribution in [0.1, 0.15) is 45.7 Å². The highest BCUT2D eigenvalue weighted by Crippen LogP contribution is 2.35. The summed E-state index contributed by atoms with van der Waals surface area (Å²) in [7, 11) is 0. The van der Waals surface area contributed by atoms with E-state index in [1.807, 2.05) is 36.9 Å². The molecule has 1 aromatic rings. The minimum Gasteiger partial charge on any atom is -0.493 e. The van der Waals surface area contributed by atoms with Gasteiger partial charge in [0, 0.05) is 17.8 Å². The maximum absolute atomic E-state index is 12.3. The predicted octanol–water partition coefficient (Wildman–Crippen LogP) is 4.35. The fraction of sp³-hybridized carbons (Fsp3) is 0.444. The number of halogens is 1. The van der Waals surface area contributed by atoms with Crippen molar-refractivity contribution in [3.05, 3.63) is 39.5 Å². The van der Waals surface area contributed by atoms with Crippen molar-refractivity contribution in [1.29, 1.82) is 0 Å². The lowest BCUT2D eigenvalue weighted by Crippen LogP contribution is -2.47. The summed E-state index contributed by atoms with van der Waals surface area (Å²) < 4.78 is 6.43. The first kappa shape index (κ1) is 18.9. The van der Waals surface area contributed by atoms with Crippen molar-refractivity contribution in [1.82, 2.24) is 10.2 Å². The van der Waals surface area contributed by atoms with Crippen LogP contribution in [-0.2, 0) is 4.79 Å². The molecule has 0 fully saturated rings. The second kappa shape index (κ2) is 8.12. The van der Waals surface area contributed by atoms with E-state index in [2.05, 4.69) is 28.2 Å². The van der Waals surface area contributed by atoms with Crippen molar-refractivity contribution in [2.45, 2.75) is 40.2 Å². The van der Waals surface area contributed by atoms with Gasteiger partial charge in [-0.1, -0.05) is 13.0 Å². The second-order valence-corrected chi connectivity index (χ2v) is 6.95. The van der Waals surface area contributed by atoms with Crippen molar-refractivity contribution in [2.24, 2.45) is 0 Å². The zero-order valence-electron chi connectivity index (χ0n) is 14.5. The minimum absolute atomic E-state index is 0.0543. The summed E-state index contributed by atoms with van der Waals surface area (Å²) in [4.78, 5) is 14.3. The van der Waals surface area contributed by atoms with E-state index < -0.39 is 0 Å². The van der Waals surface area contributed by atoms with Gasteiger partial charge in [0.05, 0.1) is 17.1 Å². The van der Waals surface area contributed by atoms with Gasteiger partial charge in [-0.25, -0.2) is 0 Å². The van der Waals surface area contributed by atoms with Gasteiger partial charge in [0.1, 0.15) is 5.75 Å². The van der Waals surface area contributed by atoms with Gasteiger partial charge < -0.3 is 15.0 Å².